The maximum absolute atomic E-state index is 14.7. The van der Waals surface area contributed by atoms with Gasteiger partial charge in [-0.25, -0.2) is 4.79 Å². The van der Waals surface area contributed by atoms with Gasteiger partial charge in [0.2, 0.25) is 53.2 Å². The summed E-state index contributed by atoms with van der Waals surface area (Å²) in [5, 5.41) is 61.3. The van der Waals surface area contributed by atoms with Crippen molar-refractivity contribution in [1.82, 2.24) is 42.5 Å². The number of aliphatic hydroxyl groups excluding tert-OH is 1. The summed E-state index contributed by atoms with van der Waals surface area (Å²) in [6.07, 6.45) is -0.0167. The van der Waals surface area contributed by atoms with Crippen molar-refractivity contribution in [1.29, 1.82) is 0 Å². The normalized spacial score (nSPS) is 14.2. The van der Waals surface area contributed by atoms with Crippen molar-refractivity contribution in [3.05, 3.63) is 95.6 Å². The molecule has 0 unspecified atom stereocenters. The molecule has 28 heteroatoms. The van der Waals surface area contributed by atoms with Gasteiger partial charge in [-0.05, 0) is 104 Å². The van der Waals surface area contributed by atoms with Gasteiger partial charge in [0, 0.05) is 32.2 Å². The van der Waals surface area contributed by atoms with Crippen molar-refractivity contribution in [2.24, 2.45) is 45.5 Å². The van der Waals surface area contributed by atoms with E-state index in [0.29, 0.717) is 36.1 Å². The number of phenolic OH excluding ortho intramolecular Hbond substituents is 2. The average Bonchev–Trinajstić information content (AvgIpc) is 3.67. The number of hydrogen-bond donors (Lipinski definition) is 17. The molecule has 478 valence electrons. The quantitative estimate of drug-likeness (QED) is 0.0166. The van der Waals surface area contributed by atoms with E-state index in [1.165, 1.54) is 48.5 Å². The molecule has 22 N–H and O–H groups in total. The smallest absolute Gasteiger partial charge is 0.326 e. The molecule has 28 nitrogen and oxygen atoms in total. The second-order valence-corrected chi connectivity index (χ2v) is 22.0. The number of carbonyl (C=O) groups excluding carboxylic acids is 9. The van der Waals surface area contributed by atoms with Gasteiger partial charge in [0.1, 0.15) is 59.8 Å². The molecule has 0 saturated carbocycles. The number of aromatic hydroxyl groups is 2. The van der Waals surface area contributed by atoms with E-state index in [0.717, 1.165) is 0 Å². The highest BCUT2D eigenvalue weighted by Crippen LogP contribution is 2.16. The number of aliphatic imine (C=N–C) groups is 1. The zero-order valence-electron chi connectivity index (χ0n) is 49.7. The lowest BCUT2D eigenvalue weighted by atomic mass is 9.99. The highest BCUT2D eigenvalue weighted by atomic mass is 16.4. The molecule has 0 bridgehead atoms. The van der Waals surface area contributed by atoms with Crippen LogP contribution in [0.2, 0.25) is 0 Å². The SMILES string of the molecule is CC(C)C[C@H](NC(=O)[C@H](CC(C)C)NC(=O)[C@H](Cc1ccc(O)cc1)NC(=O)[C@H](CCCN=C(N)N)NC(=O)[C@H](Cc1ccc(O)cc1)NC(=O)[C@H](CO)NC(=O)[C@H](Cc1ccccc1)NC(=O)[C@H](CCC(N)=O)NC(=O)[C@@H](N)CCCCN)C(=O)O. The molecule has 0 spiro atoms. The average molecular weight is 1220 g/mol. The van der Waals surface area contributed by atoms with E-state index in [1.807, 2.05) is 0 Å². The number of carboxylic acid groups (broad SMARTS) is 1. The molecule has 0 heterocycles. The standard InChI is InChI=1S/C59H88N14O14/c1-33(2)27-43(53(81)72-47(58(86)87)28-34(3)4)68-55(83)46(31-37-17-21-39(76)22-18-37)69-51(79)41(14-10-26-65-59(63)64)67-54(82)45(30-36-15-19-38(75)20-16-36)71-57(85)48(32-74)73-56(84)44(29-35-11-6-5-7-12-35)70-52(80)42(23-24-49(62)77)66-50(78)40(61)13-8-9-25-60/h5-7,11-12,15-22,33-34,40-48,74-76H,8-10,13-14,23-32,60-61H2,1-4H3,(H2,62,77)(H,66,78)(H,67,82)(H,68,83)(H,69,79)(H,70,80)(H,71,85)(H,72,81)(H,73,84)(H,86,87)(H4,63,64,65)/t40-,41-,42-,43-,44-,45-,46-,47-,48-/m0/s1. The number of amides is 9. The third-order valence-corrected chi connectivity index (χ3v) is 13.6. The van der Waals surface area contributed by atoms with Crippen molar-refractivity contribution in [3.63, 3.8) is 0 Å². The molecular weight excluding hydrogens is 1130 g/mol. The van der Waals surface area contributed by atoms with Crippen molar-refractivity contribution in [3.8, 4) is 11.5 Å². The van der Waals surface area contributed by atoms with E-state index in [1.54, 1.807) is 58.0 Å². The summed E-state index contributed by atoms with van der Waals surface area (Å²) in [6.45, 7) is 6.40. The summed E-state index contributed by atoms with van der Waals surface area (Å²) in [5.74, 6) is -10.2. The van der Waals surface area contributed by atoms with Crippen LogP contribution in [0.4, 0.5) is 0 Å². The second kappa shape index (κ2) is 37.5. The lowest BCUT2D eigenvalue weighted by molar-refractivity contribution is -0.143. The molecule has 0 radical (unpaired) electrons. The largest absolute Gasteiger partial charge is 0.508 e. The summed E-state index contributed by atoms with van der Waals surface area (Å²) in [7, 11) is 0. The first-order chi connectivity index (χ1) is 41.2. The number of hydrogen-bond acceptors (Lipinski definition) is 16. The molecule has 3 aromatic carbocycles. The van der Waals surface area contributed by atoms with E-state index >= 15 is 0 Å². The van der Waals surface area contributed by atoms with Crippen molar-refractivity contribution >= 4 is 65.1 Å². The Labute approximate surface area is 505 Å². The molecule has 9 atom stereocenters. The van der Waals surface area contributed by atoms with E-state index in [9.17, 15) is 68.4 Å². The number of carboxylic acids is 1. The zero-order chi connectivity index (χ0) is 64.8. The van der Waals surface area contributed by atoms with Gasteiger partial charge < -0.3 is 91.6 Å². The molecular formula is C59H88N14O14. The lowest BCUT2D eigenvalue weighted by Crippen LogP contribution is -2.61. The number of nitrogens with two attached hydrogens (primary N) is 5. The highest BCUT2D eigenvalue weighted by Gasteiger charge is 2.36. The zero-order valence-corrected chi connectivity index (χ0v) is 49.7. The summed E-state index contributed by atoms with van der Waals surface area (Å²) in [4.78, 5) is 141. The van der Waals surface area contributed by atoms with Crippen molar-refractivity contribution < 1.29 is 68.4 Å². The number of rotatable bonds is 39. The molecule has 0 aromatic heterocycles. The number of nitrogens with one attached hydrogen (secondary N) is 8. The Bertz CT molecular complexity index is 2770. The van der Waals surface area contributed by atoms with Crippen LogP contribution in [0, 0.1) is 11.8 Å². The Balaban J connectivity index is 2.03. The number of aliphatic hydroxyl groups is 1. The van der Waals surface area contributed by atoms with Crippen LogP contribution < -0.4 is 71.2 Å². The Morgan fingerprint density at radius 3 is 1.28 bits per heavy atom. The van der Waals surface area contributed by atoms with Gasteiger partial charge in [0.15, 0.2) is 5.96 Å². The maximum Gasteiger partial charge on any atom is 0.326 e. The van der Waals surface area contributed by atoms with Crippen LogP contribution in [0.1, 0.15) is 102 Å². The Kier molecular flexibility index (Phi) is 31.2. The predicted octanol–water partition coefficient (Wildman–Crippen LogP) is -2.05. The Morgan fingerprint density at radius 1 is 0.460 bits per heavy atom. The minimum atomic E-state index is -1.82. The maximum atomic E-state index is 14.7. The summed E-state index contributed by atoms with van der Waals surface area (Å²) in [5.41, 5.74) is 29.5. The highest BCUT2D eigenvalue weighted by molar-refractivity contribution is 5.98. The Morgan fingerprint density at radius 2 is 0.839 bits per heavy atom. The van der Waals surface area contributed by atoms with E-state index in [2.05, 4.69) is 47.5 Å². The molecule has 0 saturated heterocycles. The minimum absolute atomic E-state index is 0.0384. The van der Waals surface area contributed by atoms with E-state index in [4.69, 9.17) is 28.7 Å². The predicted molar refractivity (Wildman–Crippen MR) is 322 cm³/mol. The molecule has 0 aliphatic heterocycles. The van der Waals surface area contributed by atoms with Crippen LogP contribution >= 0.6 is 0 Å². The number of aliphatic carboxylic acids is 1. The first-order valence-electron chi connectivity index (χ1n) is 28.9. The monoisotopic (exact) mass is 1220 g/mol. The fourth-order valence-corrected chi connectivity index (χ4v) is 8.96. The van der Waals surface area contributed by atoms with Gasteiger partial charge in [-0.15, -0.1) is 0 Å². The number of guanidine groups is 1. The molecule has 0 aliphatic carbocycles. The first-order valence-corrected chi connectivity index (χ1v) is 28.9. The van der Waals surface area contributed by atoms with Crippen LogP contribution in [0.3, 0.4) is 0 Å². The molecule has 9 amide bonds. The fourth-order valence-electron chi connectivity index (χ4n) is 8.96. The third kappa shape index (κ3) is 27.4. The van der Waals surface area contributed by atoms with Crippen molar-refractivity contribution in [2.45, 2.75) is 159 Å². The van der Waals surface area contributed by atoms with Crippen LogP contribution in [0.15, 0.2) is 83.9 Å². The van der Waals surface area contributed by atoms with Gasteiger partial charge in [-0.2, -0.15) is 0 Å². The van der Waals surface area contributed by atoms with Crippen LogP contribution in [0.25, 0.3) is 0 Å². The number of primary amides is 1. The molecule has 0 aliphatic rings. The van der Waals surface area contributed by atoms with Crippen LogP contribution in [-0.2, 0) is 67.2 Å². The van der Waals surface area contributed by atoms with Crippen LogP contribution in [0.5, 0.6) is 11.5 Å². The topological polar surface area (TPSA) is 490 Å². The second-order valence-electron chi connectivity index (χ2n) is 22.0. The summed E-state index contributed by atoms with van der Waals surface area (Å²) >= 11 is 0. The minimum Gasteiger partial charge on any atom is -0.508 e. The number of benzene rings is 3. The lowest BCUT2D eigenvalue weighted by Gasteiger charge is -2.28. The first kappa shape index (κ1) is 72.4. The van der Waals surface area contributed by atoms with Gasteiger partial charge in [-0.1, -0.05) is 88.7 Å². The number of carbonyl (C=O) groups is 10. The number of unbranched alkanes of at least 4 members (excludes halogenated alkanes) is 1. The van der Waals surface area contributed by atoms with Gasteiger partial charge in [0.05, 0.1) is 12.6 Å². The van der Waals surface area contributed by atoms with Gasteiger partial charge >= 0.3 is 5.97 Å². The third-order valence-electron chi connectivity index (χ3n) is 13.6. The van der Waals surface area contributed by atoms with Crippen molar-refractivity contribution in [2.75, 3.05) is 19.7 Å². The van der Waals surface area contributed by atoms with Gasteiger partial charge in [0.25, 0.3) is 0 Å². The summed E-state index contributed by atoms with van der Waals surface area (Å²) < 4.78 is 0. The number of nitrogens with zero attached hydrogens (tertiary/aromatic N) is 1. The molecule has 3 aromatic rings. The fraction of sp³-hybridized carbons (Fsp3) is 0.508. The Hall–Kier alpha value is -8.89. The molecule has 3 rings (SSSR count). The molecule has 0 fully saturated rings. The summed E-state index contributed by atoms with van der Waals surface area (Å²) in [6, 6.07) is 6.61. The van der Waals surface area contributed by atoms with Crippen LogP contribution in [-0.4, -0.2) is 160 Å². The number of phenols is 2. The van der Waals surface area contributed by atoms with E-state index < -0.39 is 120 Å². The van der Waals surface area contributed by atoms with E-state index in [-0.39, 0.29) is 100 Å². The molecule has 87 heavy (non-hydrogen) atoms. The van der Waals surface area contributed by atoms with Gasteiger partial charge in [-0.3, -0.25) is 48.1 Å².